The number of alkyl halides is 1. The van der Waals surface area contributed by atoms with E-state index in [2.05, 4.69) is 46.6 Å². The summed E-state index contributed by atoms with van der Waals surface area (Å²) in [5.74, 6) is 0.827. The Morgan fingerprint density at radius 3 is 2.52 bits per heavy atom. The number of pyridine rings is 1. The van der Waals surface area contributed by atoms with Gasteiger partial charge in [0.15, 0.2) is 5.65 Å². The molecular weight excluding hydrogens is 282 g/mol. The zero-order chi connectivity index (χ0) is 15.1. The molecule has 0 spiro atoms. The first-order valence-electron chi connectivity index (χ1n) is 7.04. The predicted molar refractivity (Wildman–Crippen MR) is 87.3 cm³/mol. The Bertz CT molecular complexity index is 818. The minimum atomic E-state index is -0.180. The van der Waals surface area contributed by atoms with E-state index in [0.717, 1.165) is 28.2 Å². The third kappa shape index (κ3) is 2.42. The number of hydrogen-bond acceptors (Lipinski definition) is 2. The van der Waals surface area contributed by atoms with Crippen molar-refractivity contribution in [1.82, 2.24) is 14.5 Å². The second-order valence-corrected chi connectivity index (χ2v) is 6.20. The van der Waals surface area contributed by atoms with Crippen LogP contribution in [0, 0.1) is 20.8 Å². The standard InChI is InChI=1S/C17H18ClN3/c1-10-7-15-17(19-9-10)21(16(20-15)13(4)18)14-6-5-11(2)12(3)8-14/h5-9,13H,1-4H3. The van der Waals surface area contributed by atoms with Gasteiger partial charge < -0.3 is 0 Å². The van der Waals surface area contributed by atoms with Crippen molar-refractivity contribution >= 4 is 22.8 Å². The summed E-state index contributed by atoms with van der Waals surface area (Å²) in [4.78, 5) is 9.22. The minimum Gasteiger partial charge on any atom is -0.279 e. The molecule has 0 aliphatic heterocycles. The topological polar surface area (TPSA) is 30.7 Å². The molecule has 0 amide bonds. The molecule has 4 heteroatoms. The number of halogens is 1. The lowest BCUT2D eigenvalue weighted by Crippen LogP contribution is -2.03. The van der Waals surface area contributed by atoms with Crippen molar-refractivity contribution in [3.8, 4) is 5.69 Å². The zero-order valence-electron chi connectivity index (χ0n) is 12.7. The molecule has 3 rings (SSSR count). The average molecular weight is 300 g/mol. The van der Waals surface area contributed by atoms with Crippen LogP contribution in [0.25, 0.3) is 16.9 Å². The van der Waals surface area contributed by atoms with E-state index in [1.165, 1.54) is 11.1 Å². The molecule has 108 valence electrons. The summed E-state index contributed by atoms with van der Waals surface area (Å²) in [5.41, 5.74) is 6.41. The summed E-state index contributed by atoms with van der Waals surface area (Å²) in [5, 5.41) is -0.180. The molecule has 0 radical (unpaired) electrons. The number of hydrogen-bond donors (Lipinski definition) is 0. The zero-order valence-corrected chi connectivity index (χ0v) is 13.4. The Morgan fingerprint density at radius 1 is 1.10 bits per heavy atom. The molecule has 0 saturated carbocycles. The van der Waals surface area contributed by atoms with Gasteiger partial charge in [-0.1, -0.05) is 6.07 Å². The van der Waals surface area contributed by atoms with Crippen LogP contribution in [0.2, 0.25) is 0 Å². The number of benzene rings is 1. The number of aryl methyl sites for hydroxylation is 3. The minimum absolute atomic E-state index is 0.180. The summed E-state index contributed by atoms with van der Waals surface area (Å²) in [6.45, 7) is 8.18. The lowest BCUT2D eigenvalue weighted by Gasteiger charge is -2.11. The molecule has 2 heterocycles. The summed E-state index contributed by atoms with van der Waals surface area (Å²) in [6.07, 6.45) is 1.87. The second kappa shape index (κ2) is 5.15. The van der Waals surface area contributed by atoms with E-state index in [-0.39, 0.29) is 5.38 Å². The summed E-state index contributed by atoms with van der Waals surface area (Å²) in [7, 11) is 0. The first kappa shape index (κ1) is 14.1. The second-order valence-electron chi connectivity index (χ2n) is 5.55. The summed E-state index contributed by atoms with van der Waals surface area (Å²) < 4.78 is 2.05. The van der Waals surface area contributed by atoms with Gasteiger partial charge >= 0.3 is 0 Å². The van der Waals surface area contributed by atoms with Crippen molar-refractivity contribution in [2.45, 2.75) is 33.1 Å². The van der Waals surface area contributed by atoms with Gasteiger partial charge in [0.1, 0.15) is 11.3 Å². The third-order valence-electron chi connectivity index (χ3n) is 3.76. The van der Waals surface area contributed by atoms with Crippen molar-refractivity contribution in [2.75, 3.05) is 0 Å². The maximum Gasteiger partial charge on any atom is 0.164 e. The van der Waals surface area contributed by atoms with Crippen LogP contribution in [0.5, 0.6) is 0 Å². The van der Waals surface area contributed by atoms with Crippen LogP contribution in [-0.2, 0) is 0 Å². The molecule has 21 heavy (non-hydrogen) atoms. The first-order valence-corrected chi connectivity index (χ1v) is 7.47. The average Bonchev–Trinajstić information content (AvgIpc) is 2.80. The highest BCUT2D eigenvalue weighted by molar-refractivity contribution is 6.20. The van der Waals surface area contributed by atoms with Gasteiger partial charge in [0.25, 0.3) is 0 Å². The molecule has 2 aromatic heterocycles. The maximum atomic E-state index is 6.33. The molecule has 3 aromatic rings. The number of nitrogens with zero attached hydrogens (tertiary/aromatic N) is 3. The van der Waals surface area contributed by atoms with Crippen LogP contribution in [0.3, 0.4) is 0 Å². The van der Waals surface area contributed by atoms with E-state index in [1.54, 1.807) is 0 Å². The van der Waals surface area contributed by atoms with E-state index in [1.807, 2.05) is 26.1 Å². The number of rotatable bonds is 2. The first-order chi connectivity index (χ1) is 9.97. The fourth-order valence-electron chi connectivity index (χ4n) is 2.47. The normalized spacial score (nSPS) is 12.8. The van der Waals surface area contributed by atoms with Crippen molar-refractivity contribution in [1.29, 1.82) is 0 Å². The van der Waals surface area contributed by atoms with Gasteiger partial charge in [0, 0.05) is 11.9 Å². The molecule has 1 atom stereocenters. The van der Waals surface area contributed by atoms with Crippen LogP contribution >= 0.6 is 11.6 Å². The van der Waals surface area contributed by atoms with Crippen LogP contribution in [-0.4, -0.2) is 14.5 Å². The lowest BCUT2D eigenvalue weighted by atomic mass is 10.1. The van der Waals surface area contributed by atoms with Gasteiger partial charge in [-0.25, -0.2) is 9.97 Å². The number of imidazole rings is 1. The molecule has 1 unspecified atom stereocenters. The SMILES string of the molecule is Cc1cnc2c(c1)nc(C(C)Cl)n2-c1ccc(C)c(C)c1. The number of aromatic nitrogens is 3. The molecule has 1 aromatic carbocycles. The highest BCUT2D eigenvalue weighted by Crippen LogP contribution is 2.28. The molecule has 3 nitrogen and oxygen atoms in total. The van der Waals surface area contributed by atoms with Crippen LogP contribution in [0.4, 0.5) is 0 Å². The van der Waals surface area contributed by atoms with E-state index < -0.39 is 0 Å². The highest BCUT2D eigenvalue weighted by atomic mass is 35.5. The van der Waals surface area contributed by atoms with Gasteiger partial charge in [-0.05, 0) is 62.6 Å². The van der Waals surface area contributed by atoms with Gasteiger partial charge in [0.2, 0.25) is 0 Å². The van der Waals surface area contributed by atoms with Crippen molar-refractivity contribution in [2.24, 2.45) is 0 Å². The monoisotopic (exact) mass is 299 g/mol. The maximum absolute atomic E-state index is 6.33. The van der Waals surface area contributed by atoms with Gasteiger partial charge in [0.05, 0.1) is 5.38 Å². The quantitative estimate of drug-likeness (QED) is 0.645. The Labute approximate surface area is 129 Å². The van der Waals surface area contributed by atoms with Crippen molar-refractivity contribution in [3.05, 3.63) is 53.0 Å². The fraction of sp³-hybridized carbons (Fsp3) is 0.294. The molecule has 0 saturated heterocycles. The van der Waals surface area contributed by atoms with Crippen LogP contribution in [0.1, 0.15) is 34.8 Å². The smallest absolute Gasteiger partial charge is 0.164 e. The Balaban J connectivity index is 2.33. The molecule has 0 fully saturated rings. The van der Waals surface area contributed by atoms with Gasteiger partial charge in [-0.15, -0.1) is 11.6 Å². The van der Waals surface area contributed by atoms with E-state index in [0.29, 0.717) is 0 Å². The Hall–Kier alpha value is -1.87. The summed E-state index contributed by atoms with van der Waals surface area (Å²) in [6, 6.07) is 8.41. The Kier molecular flexibility index (Phi) is 3.46. The van der Waals surface area contributed by atoms with Gasteiger partial charge in [-0.2, -0.15) is 0 Å². The van der Waals surface area contributed by atoms with Crippen molar-refractivity contribution < 1.29 is 0 Å². The molecule has 0 bridgehead atoms. The van der Waals surface area contributed by atoms with E-state index in [9.17, 15) is 0 Å². The molecule has 0 N–H and O–H groups in total. The predicted octanol–water partition coefficient (Wildman–Crippen LogP) is 4.65. The largest absolute Gasteiger partial charge is 0.279 e. The number of fused-ring (bicyclic) bond motifs is 1. The van der Waals surface area contributed by atoms with E-state index in [4.69, 9.17) is 11.6 Å². The van der Waals surface area contributed by atoms with Gasteiger partial charge in [-0.3, -0.25) is 4.57 Å². The third-order valence-corrected chi connectivity index (χ3v) is 3.96. The van der Waals surface area contributed by atoms with Crippen LogP contribution < -0.4 is 0 Å². The molecule has 0 aliphatic carbocycles. The highest BCUT2D eigenvalue weighted by Gasteiger charge is 2.17. The Morgan fingerprint density at radius 2 is 1.86 bits per heavy atom. The van der Waals surface area contributed by atoms with Crippen LogP contribution in [0.15, 0.2) is 30.5 Å². The van der Waals surface area contributed by atoms with Crippen molar-refractivity contribution in [3.63, 3.8) is 0 Å². The molecule has 0 aliphatic rings. The summed E-state index contributed by atoms with van der Waals surface area (Å²) >= 11 is 6.33. The lowest BCUT2D eigenvalue weighted by molar-refractivity contribution is 0.876. The fourth-order valence-corrected chi connectivity index (χ4v) is 2.62. The molecular formula is C17H18ClN3. The van der Waals surface area contributed by atoms with E-state index >= 15 is 0 Å².